The number of anilines is 1. The van der Waals surface area contributed by atoms with Crippen molar-refractivity contribution in [1.82, 2.24) is 9.88 Å². The van der Waals surface area contributed by atoms with Gasteiger partial charge in [0.25, 0.3) is 5.91 Å². The number of rotatable bonds is 9. The second-order valence-electron chi connectivity index (χ2n) is 7.12. The molecule has 1 fully saturated rings. The molecule has 3 rings (SSSR count). The Labute approximate surface area is 172 Å². The predicted octanol–water partition coefficient (Wildman–Crippen LogP) is 5.02. The van der Waals surface area contributed by atoms with Crippen LogP contribution in [0.5, 0.6) is 5.75 Å². The summed E-state index contributed by atoms with van der Waals surface area (Å²) in [7, 11) is 0. The number of halogens is 1. The summed E-state index contributed by atoms with van der Waals surface area (Å²) in [5.74, 6) is 0.672. The number of carbonyl (C=O) groups is 1. The van der Waals surface area contributed by atoms with Gasteiger partial charge in [0.05, 0.1) is 0 Å². The number of pyridine rings is 1. The Morgan fingerprint density at radius 1 is 1.25 bits per heavy atom. The number of nitrogens with zero attached hydrogens (tertiary/aromatic N) is 2. The fourth-order valence-electron chi connectivity index (χ4n) is 3.68. The van der Waals surface area contributed by atoms with Crippen molar-refractivity contribution in [3.8, 4) is 5.75 Å². The Bertz CT molecular complexity index is 764. The first-order chi connectivity index (χ1) is 13.7. The van der Waals surface area contributed by atoms with E-state index in [2.05, 4.69) is 17.2 Å². The van der Waals surface area contributed by atoms with Crippen LogP contribution >= 0.6 is 11.6 Å². The van der Waals surface area contributed by atoms with Crippen molar-refractivity contribution < 1.29 is 9.53 Å². The molecule has 6 heteroatoms. The average Bonchev–Trinajstić information content (AvgIpc) is 3.24. The predicted molar refractivity (Wildman–Crippen MR) is 113 cm³/mol. The van der Waals surface area contributed by atoms with E-state index < -0.39 is 0 Å². The molecular weight excluding hydrogens is 374 g/mol. The number of hydrogen-bond acceptors (Lipinski definition) is 4. The Morgan fingerprint density at radius 2 is 2.00 bits per heavy atom. The molecule has 0 aliphatic heterocycles. The maximum atomic E-state index is 13.1. The minimum absolute atomic E-state index is 0.0519. The second-order valence-corrected chi connectivity index (χ2v) is 7.56. The highest BCUT2D eigenvalue weighted by molar-refractivity contribution is 6.31. The minimum Gasteiger partial charge on any atom is -0.492 e. The van der Waals surface area contributed by atoms with Crippen LogP contribution in [0.4, 0.5) is 5.69 Å². The molecule has 28 heavy (non-hydrogen) atoms. The van der Waals surface area contributed by atoms with Crippen LogP contribution in [0.2, 0.25) is 5.02 Å². The zero-order valence-electron chi connectivity index (χ0n) is 16.4. The molecule has 1 aliphatic rings. The molecule has 0 atom stereocenters. The van der Waals surface area contributed by atoms with Crippen LogP contribution in [-0.2, 0) is 0 Å². The molecule has 1 saturated carbocycles. The molecule has 1 amide bonds. The standard InChI is InChI=1S/C22H28ClN3O2/c1-2-12-26(20-5-3-4-6-20)22(27)17-14-18(23)16-21(15-17)28-13-11-25-19-7-9-24-10-8-19/h7-10,14-16,20H,2-6,11-13H2,1H3,(H,24,25). The van der Waals surface area contributed by atoms with Crippen molar-refractivity contribution in [2.45, 2.75) is 45.1 Å². The first-order valence-corrected chi connectivity index (χ1v) is 10.4. The lowest BCUT2D eigenvalue weighted by molar-refractivity contribution is 0.0681. The summed E-state index contributed by atoms with van der Waals surface area (Å²) in [5, 5.41) is 3.79. The zero-order chi connectivity index (χ0) is 19.8. The fourth-order valence-corrected chi connectivity index (χ4v) is 3.90. The smallest absolute Gasteiger partial charge is 0.254 e. The molecule has 0 saturated heterocycles. The topological polar surface area (TPSA) is 54.5 Å². The third kappa shape index (κ3) is 5.61. The summed E-state index contributed by atoms with van der Waals surface area (Å²) < 4.78 is 5.83. The monoisotopic (exact) mass is 401 g/mol. The van der Waals surface area contributed by atoms with E-state index in [1.165, 1.54) is 12.8 Å². The van der Waals surface area contributed by atoms with E-state index in [0.29, 0.717) is 35.5 Å². The quantitative estimate of drug-likeness (QED) is 0.599. The van der Waals surface area contributed by atoms with Gasteiger partial charge in [-0.05, 0) is 49.6 Å². The number of ether oxygens (including phenoxy) is 1. The molecule has 2 aromatic rings. The van der Waals surface area contributed by atoms with Crippen molar-refractivity contribution in [1.29, 1.82) is 0 Å². The molecule has 5 nitrogen and oxygen atoms in total. The number of aromatic nitrogens is 1. The third-order valence-electron chi connectivity index (χ3n) is 4.99. The fraction of sp³-hybridized carbons (Fsp3) is 0.455. The van der Waals surface area contributed by atoms with E-state index in [4.69, 9.17) is 16.3 Å². The minimum atomic E-state index is 0.0519. The van der Waals surface area contributed by atoms with Gasteiger partial charge < -0.3 is 15.0 Å². The van der Waals surface area contributed by atoms with Crippen LogP contribution in [0.1, 0.15) is 49.4 Å². The maximum Gasteiger partial charge on any atom is 0.254 e. The average molecular weight is 402 g/mol. The molecule has 1 aliphatic carbocycles. The van der Waals surface area contributed by atoms with Crippen molar-refractivity contribution >= 4 is 23.2 Å². The first kappa shape index (κ1) is 20.5. The van der Waals surface area contributed by atoms with Gasteiger partial charge in [0.15, 0.2) is 0 Å². The number of carbonyl (C=O) groups excluding carboxylic acids is 1. The summed E-state index contributed by atoms with van der Waals surface area (Å²) in [4.78, 5) is 19.1. The lowest BCUT2D eigenvalue weighted by Crippen LogP contribution is -2.39. The van der Waals surface area contributed by atoms with E-state index in [-0.39, 0.29) is 5.91 Å². The van der Waals surface area contributed by atoms with E-state index in [0.717, 1.165) is 31.5 Å². The second kappa shape index (κ2) is 10.3. The molecule has 150 valence electrons. The Hall–Kier alpha value is -2.27. The van der Waals surface area contributed by atoms with Crippen LogP contribution < -0.4 is 10.1 Å². The molecular formula is C22H28ClN3O2. The number of nitrogens with one attached hydrogen (secondary N) is 1. The van der Waals surface area contributed by atoms with Crippen LogP contribution in [-0.4, -0.2) is 41.5 Å². The summed E-state index contributed by atoms with van der Waals surface area (Å²) >= 11 is 6.27. The van der Waals surface area contributed by atoms with Gasteiger partial charge in [-0.15, -0.1) is 0 Å². The zero-order valence-corrected chi connectivity index (χ0v) is 17.1. The first-order valence-electron chi connectivity index (χ1n) is 10.1. The third-order valence-corrected chi connectivity index (χ3v) is 5.21. The molecule has 0 unspecified atom stereocenters. The highest BCUT2D eigenvalue weighted by Crippen LogP contribution is 2.27. The summed E-state index contributed by atoms with van der Waals surface area (Å²) in [5.41, 5.74) is 1.59. The Morgan fingerprint density at radius 3 is 2.71 bits per heavy atom. The summed E-state index contributed by atoms with van der Waals surface area (Å²) in [6.07, 6.45) is 9.02. The summed E-state index contributed by atoms with van der Waals surface area (Å²) in [6.45, 7) is 4.00. The van der Waals surface area contributed by atoms with Crippen molar-refractivity contribution in [3.63, 3.8) is 0 Å². The van der Waals surface area contributed by atoms with Crippen molar-refractivity contribution in [2.24, 2.45) is 0 Å². The van der Waals surface area contributed by atoms with Gasteiger partial charge in [-0.25, -0.2) is 0 Å². The van der Waals surface area contributed by atoms with Gasteiger partial charge in [0, 0.05) is 47.8 Å². The number of hydrogen-bond donors (Lipinski definition) is 1. The molecule has 0 radical (unpaired) electrons. The van der Waals surface area contributed by atoms with Gasteiger partial charge in [-0.2, -0.15) is 0 Å². The van der Waals surface area contributed by atoms with E-state index in [1.54, 1.807) is 30.6 Å². The van der Waals surface area contributed by atoms with Crippen LogP contribution in [0.3, 0.4) is 0 Å². The van der Waals surface area contributed by atoms with Crippen molar-refractivity contribution in [3.05, 3.63) is 53.3 Å². The van der Waals surface area contributed by atoms with E-state index >= 15 is 0 Å². The Kier molecular flexibility index (Phi) is 7.54. The molecule has 0 bridgehead atoms. The molecule has 1 aromatic heterocycles. The van der Waals surface area contributed by atoms with Crippen molar-refractivity contribution in [2.75, 3.05) is 25.0 Å². The van der Waals surface area contributed by atoms with Gasteiger partial charge >= 0.3 is 0 Å². The molecule has 0 spiro atoms. The molecule has 1 N–H and O–H groups in total. The highest BCUT2D eigenvalue weighted by Gasteiger charge is 2.27. The largest absolute Gasteiger partial charge is 0.492 e. The van der Waals surface area contributed by atoms with Gasteiger partial charge in [-0.1, -0.05) is 31.4 Å². The highest BCUT2D eigenvalue weighted by atomic mass is 35.5. The van der Waals surface area contributed by atoms with Crippen LogP contribution in [0.25, 0.3) is 0 Å². The number of amides is 1. The lowest BCUT2D eigenvalue weighted by Gasteiger charge is -2.29. The SMILES string of the molecule is CCCN(C(=O)c1cc(Cl)cc(OCCNc2ccncc2)c1)C1CCCC1. The van der Waals surface area contributed by atoms with Gasteiger partial charge in [0.2, 0.25) is 0 Å². The normalized spacial score (nSPS) is 14.1. The van der Waals surface area contributed by atoms with Crippen LogP contribution in [0.15, 0.2) is 42.7 Å². The van der Waals surface area contributed by atoms with E-state index in [9.17, 15) is 4.79 Å². The molecule has 1 aromatic carbocycles. The number of benzene rings is 1. The molecule has 1 heterocycles. The lowest BCUT2D eigenvalue weighted by atomic mass is 10.1. The Balaban J connectivity index is 1.62. The van der Waals surface area contributed by atoms with E-state index in [1.807, 2.05) is 17.0 Å². The van der Waals surface area contributed by atoms with Gasteiger partial charge in [0.1, 0.15) is 12.4 Å². The summed E-state index contributed by atoms with van der Waals surface area (Å²) in [6, 6.07) is 9.45. The maximum absolute atomic E-state index is 13.1. The van der Waals surface area contributed by atoms with Gasteiger partial charge in [-0.3, -0.25) is 9.78 Å². The van der Waals surface area contributed by atoms with Crippen LogP contribution in [0, 0.1) is 0 Å².